The third-order valence-corrected chi connectivity index (χ3v) is 5.30. The fraction of sp³-hybridized carbons (Fsp3) is 0.316. The molecule has 0 bridgehead atoms. The van der Waals surface area contributed by atoms with Gasteiger partial charge in [0, 0.05) is 0 Å². The van der Waals surface area contributed by atoms with Crippen molar-refractivity contribution in [3.8, 4) is 17.2 Å². The van der Waals surface area contributed by atoms with Crippen molar-refractivity contribution in [3.05, 3.63) is 53.4 Å². The molecule has 0 radical (unpaired) electrons. The first-order valence-electron chi connectivity index (χ1n) is 9.01. The molecule has 0 aromatic heterocycles. The maximum Gasteiger partial charge on any atom is 0.513 e. The zero-order valence-electron chi connectivity index (χ0n) is 17.3. The smallest absolute Gasteiger partial charge is 0.497 e. The molecule has 2 atom stereocenters. The fourth-order valence-corrected chi connectivity index (χ4v) is 3.78. The van der Waals surface area contributed by atoms with Crippen molar-refractivity contribution >= 4 is 13.7 Å². The number of esters is 1. The Balaban J connectivity index is 2.46. The summed E-state index contributed by atoms with van der Waals surface area (Å²) in [6.45, 7) is 4.23. The minimum Gasteiger partial charge on any atom is -0.497 e. The van der Waals surface area contributed by atoms with E-state index in [1.807, 2.05) is 0 Å². The van der Waals surface area contributed by atoms with E-state index in [0.29, 0.717) is 5.75 Å². The van der Waals surface area contributed by atoms with Crippen LogP contribution in [-0.2, 0) is 14.1 Å². The molecule has 2 aromatic rings. The van der Waals surface area contributed by atoms with Crippen molar-refractivity contribution in [3.63, 3.8) is 0 Å². The summed E-state index contributed by atoms with van der Waals surface area (Å²) < 4.78 is 101. The van der Waals surface area contributed by atoms with Gasteiger partial charge in [-0.3, -0.25) is 4.79 Å². The van der Waals surface area contributed by atoms with E-state index in [1.54, 1.807) is 0 Å². The molecule has 13 heteroatoms. The molecule has 1 N–H and O–H groups in total. The summed E-state index contributed by atoms with van der Waals surface area (Å²) in [7, 11) is -3.60. The number of carbonyl (C=O) groups is 1. The zero-order valence-corrected chi connectivity index (χ0v) is 18.1. The van der Waals surface area contributed by atoms with Gasteiger partial charge in [-0.15, -0.1) is 0 Å². The molecule has 2 rings (SSSR count). The minimum atomic E-state index is -4.98. The number of halogens is 5. The van der Waals surface area contributed by atoms with Crippen molar-refractivity contribution in [2.45, 2.75) is 32.9 Å². The zero-order chi connectivity index (χ0) is 24.2. The summed E-state index contributed by atoms with van der Waals surface area (Å²) in [6, 6.07) is 3.77. The lowest BCUT2D eigenvalue weighted by molar-refractivity contribution is -0.149. The summed E-state index contributed by atoms with van der Waals surface area (Å²) in [5.41, 5.74) is 0. The van der Waals surface area contributed by atoms with Gasteiger partial charge < -0.3 is 18.5 Å². The predicted molar refractivity (Wildman–Crippen MR) is 102 cm³/mol. The van der Waals surface area contributed by atoms with Crippen LogP contribution in [0.1, 0.15) is 20.8 Å². The Bertz CT molecular complexity index is 1000. The molecule has 0 saturated carbocycles. The van der Waals surface area contributed by atoms with E-state index < -0.39 is 60.7 Å². The Morgan fingerprint density at radius 2 is 1.31 bits per heavy atom. The lowest BCUT2D eigenvalue weighted by atomic mass is 10.3. The Labute approximate surface area is 180 Å². The summed E-state index contributed by atoms with van der Waals surface area (Å²) in [6.07, 6.45) is -0.565. The molecule has 0 amide bonds. The lowest BCUT2D eigenvalue weighted by Gasteiger charge is -2.24. The van der Waals surface area contributed by atoms with E-state index in [4.69, 9.17) is 14.0 Å². The SMILES string of the molecule is COc1ccc(OP(=O)(N[C@@H](C)C(=O)OC(C)C)Oc2c(F)c(F)c(F)c(F)c2F)cc1. The van der Waals surface area contributed by atoms with Crippen LogP contribution >= 0.6 is 7.75 Å². The molecule has 2 aromatic carbocycles. The van der Waals surface area contributed by atoms with Gasteiger partial charge in [-0.25, -0.2) is 17.7 Å². The van der Waals surface area contributed by atoms with Gasteiger partial charge in [-0.2, -0.15) is 13.9 Å². The molecule has 0 spiro atoms. The molecule has 0 fully saturated rings. The molecule has 0 saturated heterocycles. The summed E-state index contributed by atoms with van der Waals surface area (Å²) >= 11 is 0. The van der Waals surface area contributed by atoms with Crippen LogP contribution in [0.25, 0.3) is 0 Å². The second kappa shape index (κ2) is 10.2. The van der Waals surface area contributed by atoms with Crippen LogP contribution in [0.5, 0.6) is 17.2 Å². The largest absolute Gasteiger partial charge is 0.513 e. The normalized spacial score (nSPS) is 13.9. The van der Waals surface area contributed by atoms with Crippen LogP contribution in [0.15, 0.2) is 24.3 Å². The van der Waals surface area contributed by atoms with E-state index >= 15 is 0 Å². The van der Waals surface area contributed by atoms with Crippen molar-refractivity contribution < 1.29 is 49.8 Å². The van der Waals surface area contributed by atoms with Gasteiger partial charge >= 0.3 is 13.7 Å². The van der Waals surface area contributed by atoms with E-state index in [2.05, 4.69) is 9.61 Å². The highest BCUT2D eigenvalue weighted by Crippen LogP contribution is 2.47. The number of hydrogen-bond acceptors (Lipinski definition) is 6. The Morgan fingerprint density at radius 1 is 0.844 bits per heavy atom. The molecule has 0 heterocycles. The standard InChI is InChI=1S/C19H19F5NO6P/c1-9(2)29-19(26)10(3)25-32(27,30-12-7-5-11(28-4)6-8-12)31-18-16(23)14(21)13(20)15(22)17(18)24/h5-10H,1-4H3,(H,25,27)/t10-,32?/m0/s1. The van der Waals surface area contributed by atoms with Crippen LogP contribution in [0.2, 0.25) is 0 Å². The molecular formula is C19H19F5NO6P. The van der Waals surface area contributed by atoms with Crippen LogP contribution in [-0.4, -0.2) is 25.2 Å². The Kier molecular flexibility index (Phi) is 8.08. The number of hydrogen-bond donors (Lipinski definition) is 1. The molecule has 0 aliphatic heterocycles. The average Bonchev–Trinajstić information content (AvgIpc) is 2.74. The third kappa shape index (κ3) is 5.89. The molecular weight excluding hydrogens is 464 g/mol. The number of carbonyl (C=O) groups excluding carboxylic acids is 1. The molecule has 176 valence electrons. The summed E-state index contributed by atoms with van der Waals surface area (Å²) in [5.74, 6) is -14.4. The first-order chi connectivity index (χ1) is 14.9. The van der Waals surface area contributed by atoms with Crippen LogP contribution in [0, 0.1) is 29.1 Å². The van der Waals surface area contributed by atoms with Crippen LogP contribution in [0.4, 0.5) is 22.0 Å². The van der Waals surface area contributed by atoms with Gasteiger partial charge in [0.05, 0.1) is 13.2 Å². The highest BCUT2D eigenvalue weighted by atomic mass is 31.2. The molecule has 0 aliphatic rings. The van der Waals surface area contributed by atoms with E-state index in [0.717, 1.165) is 6.92 Å². The summed E-state index contributed by atoms with van der Waals surface area (Å²) in [5, 5.41) is 2.07. The highest BCUT2D eigenvalue weighted by Gasteiger charge is 2.38. The van der Waals surface area contributed by atoms with Gasteiger partial charge in [0.25, 0.3) is 0 Å². The fourth-order valence-electron chi connectivity index (χ4n) is 2.26. The van der Waals surface area contributed by atoms with Gasteiger partial charge in [-0.05, 0) is 45.0 Å². The van der Waals surface area contributed by atoms with Gasteiger partial charge in [0.2, 0.25) is 34.8 Å². The monoisotopic (exact) mass is 483 g/mol. The van der Waals surface area contributed by atoms with E-state index in [1.165, 1.54) is 45.2 Å². The maximum atomic E-state index is 14.1. The molecule has 32 heavy (non-hydrogen) atoms. The first-order valence-corrected chi connectivity index (χ1v) is 10.6. The predicted octanol–water partition coefficient (Wildman–Crippen LogP) is 4.89. The van der Waals surface area contributed by atoms with Crippen LogP contribution < -0.4 is 18.9 Å². The third-order valence-electron chi connectivity index (χ3n) is 3.72. The summed E-state index contributed by atoms with van der Waals surface area (Å²) in [4.78, 5) is 12.1. The lowest BCUT2D eigenvalue weighted by Crippen LogP contribution is -2.37. The number of nitrogens with one attached hydrogen (secondary N) is 1. The topological polar surface area (TPSA) is 83.1 Å². The minimum absolute atomic E-state index is 0.199. The average molecular weight is 483 g/mol. The molecule has 1 unspecified atom stereocenters. The van der Waals surface area contributed by atoms with Crippen molar-refractivity contribution in [1.82, 2.24) is 5.09 Å². The second-order valence-corrected chi connectivity index (χ2v) is 8.21. The highest BCUT2D eigenvalue weighted by molar-refractivity contribution is 7.52. The number of rotatable bonds is 9. The quantitative estimate of drug-likeness (QED) is 0.179. The molecule has 7 nitrogen and oxygen atoms in total. The van der Waals surface area contributed by atoms with Crippen molar-refractivity contribution in [2.75, 3.05) is 7.11 Å². The Morgan fingerprint density at radius 3 is 1.78 bits per heavy atom. The van der Waals surface area contributed by atoms with Crippen molar-refractivity contribution in [2.24, 2.45) is 0 Å². The number of methoxy groups -OCH3 is 1. The van der Waals surface area contributed by atoms with Crippen LogP contribution in [0.3, 0.4) is 0 Å². The first kappa shape index (κ1) is 25.4. The van der Waals surface area contributed by atoms with Gasteiger partial charge in [0.1, 0.15) is 17.5 Å². The van der Waals surface area contributed by atoms with E-state index in [9.17, 15) is 31.3 Å². The second-order valence-electron chi connectivity index (χ2n) is 6.59. The van der Waals surface area contributed by atoms with E-state index in [-0.39, 0.29) is 5.75 Å². The Hall–Kier alpha value is -2.85. The maximum absolute atomic E-state index is 14.1. The number of benzene rings is 2. The van der Waals surface area contributed by atoms with Crippen molar-refractivity contribution in [1.29, 1.82) is 0 Å². The van der Waals surface area contributed by atoms with Gasteiger partial charge in [-0.1, -0.05) is 0 Å². The number of ether oxygens (including phenoxy) is 2. The van der Waals surface area contributed by atoms with Gasteiger partial charge in [0.15, 0.2) is 0 Å². The molecule has 0 aliphatic carbocycles.